The Morgan fingerprint density at radius 3 is 2.40 bits per heavy atom. The van der Waals surface area contributed by atoms with Crippen molar-refractivity contribution in [1.82, 2.24) is 10.2 Å². The van der Waals surface area contributed by atoms with Gasteiger partial charge >= 0.3 is 0 Å². The molecule has 0 radical (unpaired) electrons. The summed E-state index contributed by atoms with van der Waals surface area (Å²) in [6.07, 6.45) is 5.27. The molecule has 0 bridgehead atoms. The molecule has 0 amide bonds. The summed E-state index contributed by atoms with van der Waals surface area (Å²) < 4.78 is 0. The lowest BCUT2D eigenvalue weighted by Crippen LogP contribution is -2.34. The summed E-state index contributed by atoms with van der Waals surface area (Å²) in [6.45, 7) is 13.8. The molecule has 15 heavy (non-hydrogen) atoms. The molecule has 0 fully saturated rings. The van der Waals surface area contributed by atoms with E-state index in [1.807, 2.05) is 0 Å². The smallest absolute Gasteiger partial charge is 0.00672 e. The number of hydrogen-bond donors (Lipinski definition) is 1. The molecule has 1 unspecified atom stereocenters. The highest BCUT2D eigenvalue weighted by Crippen LogP contribution is 2.07. The van der Waals surface area contributed by atoms with Gasteiger partial charge in [0.1, 0.15) is 0 Å². The first kappa shape index (κ1) is 14.9. The van der Waals surface area contributed by atoms with Crippen LogP contribution < -0.4 is 5.32 Å². The van der Waals surface area contributed by atoms with E-state index in [0.717, 1.165) is 12.6 Å². The summed E-state index contributed by atoms with van der Waals surface area (Å²) in [4.78, 5) is 2.61. The van der Waals surface area contributed by atoms with Crippen LogP contribution >= 0.6 is 0 Å². The van der Waals surface area contributed by atoms with E-state index in [4.69, 9.17) is 0 Å². The molecule has 2 nitrogen and oxygen atoms in total. The van der Waals surface area contributed by atoms with E-state index in [0.29, 0.717) is 0 Å². The van der Waals surface area contributed by atoms with E-state index in [9.17, 15) is 0 Å². The van der Waals surface area contributed by atoms with Gasteiger partial charge in [-0.25, -0.2) is 0 Å². The Morgan fingerprint density at radius 1 is 1.13 bits per heavy atom. The van der Waals surface area contributed by atoms with E-state index in [2.05, 4.69) is 37.9 Å². The molecular formula is C13H30N2. The van der Waals surface area contributed by atoms with Crippen LogP contribution in [0, 0.1) is 0 Å². The van der Waals surface area contributed by atoms with Gasteiger partial charge in [0.15, 0.2) is 0 Å². The van der Waals surface area contributed by atoms with Gasteiger partial charge in [-0.3, -0.25) is 0 Å². The lowest BCUT2D eigenvalue weighted by molar-refractivity contribution is 0.204. The third-order valence-electron chi connectivity index (χ3n) is 3.05. The number of rotatable bonds is 10. The predicted octanol–water partition coefficient (Wildman–Crippen LogP) is 2.89. The molecule has 0 aliphatic carbocycles. The first-order valence-electron chi connectivity index (χ1n) is 6.70. The molecule has 0 saturated carbocycles. The van der Waals surface area contributed by atoms with Crippen molar-refractivity contribution in [3.63, 3.8) is 0 Å². The van der Waals surface area contributed by atoms with Crippen molar-refractivity contribution in [3.8, 4) is 0 Å². The molecule has 0 saturated heterocycles. The van der Waals surface area contributed by atoms with Crippen LogP contribution in [-0.2, 0) is 0 Å². The Kier molecular flexibility index (Phi) is 10.4. The van der Waals surface area contributed by atoms with E-state index < -0.39 is 0 Å². The van der Waals surface area contributed by atoms with Crippen molar-refractivity contribution < 1.29 is 0 Å². The van der Waals surface area contributed by atoms with Crippen LogP contribution in [0.2, 0.25) is 0 Å². The first-order chi connectivity index (χ1) is 7.26. The summed E-state index contributed by atoms with van der Waals surface area (Å²) in [5.41, 5.74) is 0. The maximum atomic E-state index is 3.39. The maximum Gasteiger partial charge on any atom is 0.00672 e. The molecule has 0 heterocycles. The standard InChI is InChI=1S/C13H30N2/c1-5-8-12-15(7-3)13(4)10-9-11-14-6-2/h13-14H,5-12H2,1-4H3. The highest BCUT2D eigenvalue weighted by atomic mass is 15.1. The second-order valence-electron chi connectivity index (χ2n) is 4.33. The zero-order valence-electron chi connectivity index (χ0n) is 11.2. The SMILES string of the molecule is CCCCN(CC)C(C)CCCNCC. The fourth-order valence-corrected chi connectivity index (χ4v) is 1.93. The third-order valence-corrected chi connectivity index (χ3v) is 3.05. The largest absolute Gasteiger partial charge is 0.317 e. The minimum absolute atomic E-state index is 0.750. The Balaban J connectivity index is 3.58. The summed E-state index contributed by atoms with van der Waals surface area (Å²) in [5.74, 6) is 0. The Hall–Kier alpha value is -0.0800. The van der Waals surface area contributed by atoms with E-state index in [1.54, 1.807) is 0 Å². The van der Waals surface area contributed by atoms with Crippen molar-refractivity contribution in [2.24, 2.45) is 0 Å². The van der Waals surface area contributed by atoms with Crippen molar-refractivity contribution in [2.75, 3.05) is 26.2 Å². The fraction of sp³-hybridized carbons (Fsp3) is 1.00. The van der Waals surface area contributed by atoms with E-state index in [-0.39, 0.29) is 0 Å². The third kappa shape index (κ3) is 7.80. The second-order valence-corrected chi connectivity index (χ2v) is 4.33. The zero-order valence-corrected chi connectivity index (χ0v) is 11.2. The molecule has 92 valence electrons. The summed E-state index contributed by atoms with van der Waals surface area (Å²) in [7, 11) is 0. The summed E-state index contributed by atoms with van der Waals surface area (Å²) >= 11 is 0. The van der Waals surface area contributed by atoms with Crippen LogP contribution in [-0.4, -0.2) is 37.1 Å². The molecule has 2 heteroatoms. The minimum atomic E-state index is 0.750. The number of nitrogens with zero attached hydrogens (tertiary/aromatic N) is 1. The quantitative estimate of drug-likeness (QED) is 0.563. The zero-order chi connectivity index (χ0) is 11.5. The van der Waals surface area contributed by atoms with Gasteiger partial charge < -0.3 is 10.2 Å². The van der Waals surface area contributed by atoms with Gasteiger partial charge in [-0.2, -0.15) is 0 Å². The number of unbranched alkanes of at least 4 members (excludes halogenated alkanes) is 1. The topological polar surface area (TPSA) is 15.3 Å². The molecule has 0 spiro atoms. The van der Waals surface area contributed by atoms with E-state index in [1.165, 1.54) is 45.3 Å². The molecule has 1 atom stereocenters. The molecule has 0 aliphatic rings. The minimum Gasteiger partial charge on any atom is -0.317 e. The molecule has 0 aromatic heterocycles. The van der Waals surface area contributed by atoms with Crippen LogP contribution in [0.15, 0.2) is 0 Å². The van der Waals surface area contributed by atoms with Crippen LogP contribution in [0.25, 0.3) is 0 Å². The van der Waals surface area contributed by atoms with Gasteiger partial charge in [0.2, 0.25) is 0 Å². The fourth-order valence-electron chi connectivity index (χ4n) is 1.93. The Morgan fingerprint density at radius 2 is 1.87 bits per heavy atom. The molecule has 0 rings (SSSR count). The average molecular weight is 214 g/mol. The van der Waals surface area contributed by atoms with Crippen molar-refractivity contribution >= 4 is 0 Å². The summed E-state index contributed by atoms with van der Waals surface area (Å²) in [5, 5.41) is 3.39. The van der Waals surface area contributed by atoms with Gasteiger partial charge in [0.05, 0.1) is 0 Å². The molecule has 0 aromatic carbocycles. The van der Waals surface area contributed by atoms with Crippen LogP contribution in [0.4, 0.5) is 0 Å². The van der Waals surface area contributed by atoms with Crippen molar-refractivity contribution in [1.29, 1.82) is 0 Å². The normalized spacial score (nSPS) is 13.4. The second kappa shape index (κ2) is 10.4. The average Bonchev–Trinajstić information content (AvgIpc) is 2.25. The van der Waals surface area contributed by atoms with Crippen molar-refractivity contribution in [2.45, 2.75) is 59.4 Å². The van der Waals surface area contributed by atoms with Crippen LogP contribution in [0.5, 0.6) is 0 Å². The van der Waals surface area contributed by atoms with Crippen molar-refractivity contribution in [3.05, 3.63) is 0 Å². The van der Waals surface area contributed by atoms with E-state index >= 15 is 0 Å². The lowest BCUT2D eigenvalue weighted by atomic mass is 10.1. The van der Waals surface area contributed by atoms with Gasteiger partial charge in [-0.15, -0.1) is 0 Å². The van der Waals surface area contributed by atoms with Crippen LogP contribution in [0.3, 0.4) is 0 Å². The number of hydrogen-bond acceptors (Lipinski definition) is 2. The predicted molar refractivity (Wildman–Crippen MR) is 69.4 cm³/mol. The molecule has 0 aliphatic heterocycles. The highest BCUT2D eigenvalue weighted by molar-refractivity contribution is 4.66. The van der Waals surface area contributed by atoms with Gasteiger partial charge in [-0.1, -0.05) is 27.2 Å². The number of nitrogens with one attached hydrogen (secondary N) is 1. The lowest BCUT2D eigenvalue weighted by Gasteiger charge is -2.27. The van der Waals surface area contributed by atoms with Crippen LogP contribution in [0.1, 0.15) is 53.4 Å². The molecular weight excluding hydrogens is 184 g/mol. The highest BCUT2D eigenvalue weighted by Gasteiger charge is 2.10. The Labute approximate surface area is 96.4 Å². The Bertz CT molecular complexity index is 126. The van der Waals surface area contributed by atoms with Gasteiger partial charge in [0, 0.05) is 6.04 Å². The molecule has 1 N–H and O–H groups in total. The summed E-state index contributed by atoms with van der Waals surface area (Å²) in [6, 6.07) is 0.750. The van der Waals surface area contributed by atoms with Gasteiger partial charge in [0.25, 0.3) is 0 Å². The monoisotopic (exact) mass is 214 g/mol. The van der Waals surface area contributed by atoms with Gasteiger partial charge in [-0.05, 0) is 52.4 Å². The first-order valence-corrected chi connectivity index (χ1v) is 6.70. The molecule has 0 aromatic rings. The maximum absolute atomic E-state index is 3.39.